The third kappa shape index (κ3) is 1.58. The summed E-state index contributed by atoms with van der Waals surface area (Å²) in [6.45, 7) is 0. The van der Waals surface area contributed by atoms with Crippen molar-refractivity contribution < 1.29 is 24.9 Å². The molecule has 6 nitrogen and oxygen atoms in total. The van der Waals surface area contributed by atoms with Gasteiger partial charge in [0.1, 0.15) is 17.1 Å². The monoisotopic (exact) mass is 197 g/mol. The zero-order chi connectivity index (χ0) is 10.9. The van der Waals surface area contributed by atoms with Crippen LogP contribution >= 0.6 is 0 Å². The Hall–Kier alpha value is -2.24. The van der Waals surface area contributed by atoms with E-state index in [0.717, 1.165) is 12.1 Å². The van der Waals surface area contributed by atoms with Gasteiger partial charge in [0.25, 0.3) is 0 Å². The fraction of sp³-hybridized carbons (Fsp3) is 0. The summed E-state index contributed by atoms with van der Waals surface area (Å²) in [4.78, 5) is 21.1. The Morgan fingerprint density at radius 1 is 1.14 bits per heavy atom. The number of carbonyl (C=O) groups is 2. The number of amides is 1. The maximum atomic E-state index is 10.6. The summed E-state index contributed by atoms with van der Waals surface area (Å²) in [5.74, 6) is -3.76. The molecule has 0 aliphatic carbocycles. The highest BCUT2D eigenvalue weighted by molar-refractivity contribution is 5.99. The van der Waals surface area contributed by atoms with Crippen molar-refractivity contribution in [1.29, 1.82) is 0 Å². The zero-order valence-electron chi connectivity index (χ0n) is 6.89. The van der Waals surface area contributed by atoms with Crippen LogP contribution in [0.4, 0.5) is 0 Å². The Morgan fingerprint density at radius 2 is 1.57 bits per heavy atom. The number of aromatic hydroxyl groups is 2. The number of rotatable bonds is 2. The molecule has 1 aromatic rings. The van der Waals surface area contributed by atoms with Crippen LogP contribution in [0.1, 0.15) is 20.7 Å². The normalized spacial score (nSPS) is 9.71. The number of aromatic carboxylic acids is 1. The van der Waals surface area contributed by atoms with E-state index in [1.54, 1.807) is 0 Å². The van der Waals surface area contributed by atoms with E-state index in [2.05, 4.69) is 0 Å². The van der Waals surface area contributed by atoms with Gasteiger partial charge in [0.2, 0.25) is 5.91 Å². The molecule has 0 saturated carbocycles. The molecule has 0 atom stereocenters. The molecular formula is C8H7NO5. The van der Waals surface area contributed by atoms with Gasteiger partial charge in [0.05, 0.1) is 0 Å². The second-order valence-electron chi connectivity index (χ2n) is 2.56. The molecule has 0 fully saturated rings. The van der Waals surface area contributed by atoms with Crippen LogP contribution in [0.25, 0.3) is 0 Å². The van der Waals surface area contributed by atoms with E-state index in [9.17, 15) is 9.59 Å². The minimum Gasteiger partial charge on any atom is -0.507 e. The van der Waals surface area contributed by atoms with Crippen LogP contribution in [0.5, 0.6) is 11.5 Å². The van der Waals surface area contributed by atoms with Gasteiger partial charge in [-0.25, -0.2) is 4.79 Å². The van der Waals surface area contributed by atoms with E-state index in [0.29, 0.717) is 0 Å². The zero-order valence-corrected chi connectivity index (χ0v) is 6.89. The molecule has 0 saturated heterocycles. The highest BCUT2D eigenvalue weighted by Crippen LogP contribution is 2.28. The molecule has 0 aliphatic rings. The molecule has 0 bridgehead atoms. The first-order chi connectivity index (χ1) is 6.43. The molecule has 14 heavy (non-hydrogen) atoms. The Bertz CT molecular complexity index is 389. The molecule has 1 rings (SSSR count). The molecule has 0 heterocycles. The predicted octanol–water partition coefficient (Wildman–Crippen LogP) is -0.105. The van der Waals surface area contributed by atoms with Crippen molar-refractivity contribution >= 4 is 11.9 Å². The maximum Gasteiger partial charge on any atom is 0.343 e. The fourth-order valence-corrected chi connectivity index (χ4v) is 0.973. The molecular weight excluding hydrogens is 190 g/mol. The number of nitrogens with two attached hydrogens (primary N) is 1. The molecule has 0 spiro atoms. The molecule has 0 radical (unpaired) electrons. The van der Waals surface area contributed by atoms with Crippen LogP contribution in [0.2, 0.25) is 0 Å². The summed E-state index contributed by atoms with van der Waals surface area (Å²) < 4.78 is 0. The summed E-state index contributed by atoms with van der Waals surface area (Å²) in [6.07, 6.45) is 0. The summed E-state index contributed by atoms with van der Waals surface area (Å²) in [6, 6.07) is 1.76. The van der Waals surface area contributed by atoms with Gasteiger partial charge >= 0.3 is 5.97 Å². The predicted molar refractivity (Wildman–Crippen MR) is 45.2 cm³/mol. The molecule has 5 N–H and O–H groups in total. The first-order valence-corrected chi connectivity index (χ1v) is 3.52. The van der Waals surface area contributed by atoms with Crippen molar-refractivity contribution in [2.75, 3.05) is 0 Å². The van der Waals surface area contributed by atoms with E-state index in [-0.39, 0.29) is 5.56 Å². The lowest BCUT2D eigenvalue weighted by Gasteiger charge is -2.04. The highest BCUT2D eigenvalue weighted by atomic mass is 16.4. The smallest absolute Gasteiger partial charge is 0.343 e. The number of primary amides is 1. The van der Waals surface area contributed by atoms with Crippen LogP contribution in [-0.2, 0) is 0 Å². The van der Waals surface area contributed by atoms with Gasteiger partial charge in [-0.15, -0.1) is 0 Å². The minimum absolute atomic E-state index is 0.162. The first-order valence-electron chi connectivity index (χ1n) is 3.52. The highest BCUT2D eigenvalue weighted by Gasteiger charge is 2.17. The molecule has 6 heteroatoms. The van der Waals surface area contributed by atoms with Crippen LogP contribution < -0.4 is 5.73 Å². The Kier molecular flexibility index (Phi) is 2.29. The van der Waals surface area contributed by atoms with Crippen LogP contribution in [0.3, 0.4) is 0 Å². The number of carbonyl (C=O) groups excluding carboxylic acids is 1. The lowest BCUT2D eigenvalue weighted by molar-refractivity contribution is 0.0689. The largest absolute Gasteiger partial charge is 0.507 e. The summed E-state index contributed by atoms with van der Waals surface area (Å²) in [5, 5.41) is 26.8. The van der Waals surface area contributed by atoms with Crippen LogP contribution in [-0.4, -0.2) is 27.2 Å². The van der Waals surface area contributed by atoms with Crippen molar-refractivity contribution in [3.05, 3.63) is 23.3 Å². The van der Waals surface area contributed by atoms with Crippen LogP contribution in [0, 0.1) is 0 Å². The Balaban J connectivity index is 3.39. The van der Waals surface area contributed by atoms with Gasteiger partial charge in [-0.05, 0) is 12.1 Å². The van der Waals surface area contributed by atoms with E-state index < -0.39 is 28.9 Å². The lowest BCUT2D eigenvalue weighted by Crippen LogP contribution is -2.11. The summed E-state index contributed by atoms with van der Waals surface area (Å²) in [7, 11) is 0. The molecule has 0 aromatic heterocycles. The van der Waals surface area contributed by atoms with Crippen molar-refractivity contribution in [1.82, 2.24) is 0 Å². The third-order valence-corrected chi connectivity index (χ3v) is 1.60. The standard InChI is InChI=1S/C8H7NO5/c9-7(12)3-1-4(10)6(8(13)14)5(11)2-3/h1-2,10-11H,(H2,9,12)(H,13,14). The quantitative estimate of drug-likeness (QED) is 0.527. The Morgan fingerprint density at radius 3 is 1.86 bits per heavy atom. The molecule has 0 aliphatic heterocycles. The lowest BCUT2D eigenvalue weighted by atomic mass is 10.1. The SMILES string of the molecule is NC(=O)c1cc(O)c(C(=O)O)c(O)c1. The third-order valence-electron chi connectivity index (χ3n) is 1.60. The second kappa shape index (κ2) is 3.25. The Labute approximate surface area is 78.2 Å². The molecule has 74 valence electrons. The summed E-state index contributed by atoms with van der Waals surface area (Å²) in [5.41, 5.74) is 4.05. The van der Waals surface area contributed by atoms with Crippen molar-refractivity contribution in [2.45, 2.75) is 0 Å². The second-order valence-corrected chi connectivity index (χ2v) is 2.56. The van der Waals surface area contributed by atoms with Gasteiger partial charge in [0.15, 0.2) is 0 Å². The van der Waals surface area contributed by atoms with Crippen molar-refractivity contribution in [2.24, 2.45) is 5.73 Å². The van der Waals surface area contributed by atoms with Gasteiger partial charge in [-0.3, -0.25) is 4.79 Å². The van der Waals surface area contributed by atoms with Gasteiger partial charge in [-0.2, -0.15) is 0 Å². The minimum atomic E-state index is -1.49. The number of hydrogen-bond acceptors (Lipinski definition) is 4. The molecule has 1 amide bonds. The average Bonchev–Trinajstić information content (AvgIpc) is 2.01. The van der Waals surface area contributed by atoms with E-state index in [1.165, 1.54) is 0 Å². The van der Waals surface area contributed by atoms with Crippen molar-refractivity contribution in [3.8, 4) is 11.5 Å². The van der Waals surface area contributed by atoms with Gasteiger partial charge in [-0.1, -0.05) is 0 Å². The molecule has 0 unspecified atom stereocenters. The van der Waals surface area contributed by atoms with E-state index in [1.807, 2.05) is 0 Å². The number of carboxylic acids is 1. The topological polar surface area (TPSA) is 121 Å². The maximum absolute atomic E-state index is 10.6. The molecule has 1 aromatic carbocycles. The van der Waals surface area contributed by atoms with Gasteiger partial charge in [0, 0.05) is 5.56 Å². The average molecular weight is 197 g/mol. The first kappa shape index (κ1) is 9.85. The van der Waals surface area contributed by atoms with Crippen molar-refractivity contribution in [3.63, 3.8) is 0 Å². The van der Waals surface area contributed by atoms with E-state index in [4.69, 9.17) is 21.1 Å². The van der Waals surface area contributed by atoms with Crippen LogP contribution in [0.15, 0.2) is 12.1 Å². The number of carboxylic acid groups (broad SMARTS) is 1. The number of hydrogen-bond donors (Lipinski definition) is 4. The number of benzene rings is 1. The van der Waals surface area contributed by atoms with Gasteiger partial charge < -0.3 is 21.1 Å². The summed E-state index contributed by atoms with van der Waals surface area (Å²) >= 11 is 0. The fourth-order valence-electron chi connectivity index (χ4n) is 0.973. The number of phenols is 2. The van der Waals surface area contributed by atoms with E-state index >= 15 is 0 Å².